The van der Waals surface area contributed by atoms with Crippen molar-refractivity contribution in [1.82, 2.24) is 9.97 Å². The minimum atomic E-state index is -0.410. The third-order valence-electron chi connectivity index (χ3n) is 1.71. The first-order chi connectivity index (χ1) is 6.71. The maximum Gasteiger partial charge on any atom is 0.216 e. The molecule has 14 heavy (non-hydrogen) atoms. The Kier molecular flexibility index (Phi) is 3.66. The monoisotopic (exact) mass is 211 g/mol. The number of rotatable bonds is 3. The van der Waals surface area contributed by atoms with E-state index < -0.39 is 5.92 Å². The predicted molar refractivity (Wildman–Crippen MR) is 52.4 cm³/mol. The summed E-state index contributed by atoms with van der Waals surface area (Å²) < 4.78 is 4.97. The molecular weight excluding hydrogens is 202 g/mol. The molecule has 0 aliphatic heterocycles. The zero-order valence-electron chi connectivity index (χ0n) is 7.99. The summed E-state index contributed by atoms with van der Waals surface area (Å²) in [6.45, 7) is 1.74. The van der Waals surface area contributed by atoms with Gasteiger partial charge < -0.3 is 4.74 Å². The zero-order valence-corrected chi connectivity index (χ0v) is 8.75. The van der Waals surface area contributed by atoms with E-state index in [0.717, 1.165) is 0 Å². The number of methoxy groups -OCH3 is 1. The first-order valence-corrected chi connectivity index (χ1v) is 4.60. The highest BCUT2D eigenvalue weighted by molar-refractivity contribution is 6.18. The molecule has 1 heterocycles. The fourth-order valence-corrected chi connectivity index (χ4v) is 1.25. The molecule has 0 aliphatic rings. The van der Waals surface area contributed by atoms with Crippen molar-refractivity contribution in [3.05, 3.63) is 17.6 Å². The van der Waals surface area contributed by atoms with Crippen molar-refractivity contribution in [1.29, 1.82) is 5.26 Å². The van der Waals surface area contributed by atoms with Gasteiger partial charge >= 0.3 is 0 Å². The van der Waals surface area contributed by atoms with Gasteiger partial charge in [0.05, 0.1) is 18.9 Å². The molecule has 1 unspecified atom stereocenters. The Hall–Kier alpha value is -1.34. The molecule has 1 aromatic rings. The summed E-state index contributed by atoms with van der Waals surface area (Å²) in [6.07, 6.45) is 0. The number of aryl methyl sites for hydroxylation is 1. The van der Waals surface area contributed by atoms with Crippen LogP contribution in [0.5, 0.6) is 5.88 Å². The van der Waals surface area contributed by atoms with E-state index in [4.69, 9.17) is 21.6 Å². The smallest absolute Gasteiger partial charge is 0.216 e. The highest BCUT2D eigenvalue weighted by Gasteiger charge is 2.13. The van der Waals surface area contributed by atoms with Crippen LogP contribution in [0.25, 0.3) is 0 Å². The Morgan fingerprint density at radius 3 is 2.86 bits per heavy atom. The average molecular weight is 212 g/mol. The molecule has 0 N–H and O–H groups in total. The first kappa shape index (κ1) is 10.7. The lowest BCUT2D eigenvalue weighted by Crippen LogP contribution is -2.04. The van der Waals surface area contributed by atoms with E-state index in [1.807, 2.05) is 0 Å². The molecule has 5 heteroatoms. The Bertz CT molecular complexity index is 362. The van der Waals surface area contributed by atoms with E-state index in [2.05, 4.69) is 16.0 Å². The van der Waals surface area contributed by atoms with Crippen molar-refractivity contribution < 1.29 is 4.74 Å². The van der Waals surface area contributed by atoms with Gasteiger partial charge in [-0.1, -0.05) is 0 Å². The van der Waals surface area contributed by atoms with E-state index in [-0.39, 0.29) is 5.88 Å². The van der Waals surface area contributed by atoms with Crippen molar-refractivity contribution in [3.63, 3.8) is 0 Å². The minimum Gasteiger partial charge on any atom is -0.481 e. The van der Waals surface area contributed by atoms with Crippen LogP contribution in [0.15, 0.2) is 6.07 Å². The maximum absolute atomic E-state index is 8.80. The van der Waals surface area contributed by atoms with Crippen molar-refractivity contribution in [2.45, 2.75) is 12.8 Å². The van der Waals surface area contributed by atoms with Crippen LogP contribution in [0.3, 0.4) is 0 Å². The lowest BCUT2D eigenvalue weighted by atomic mass is 10.1. The van der Waals surface area contributed by atoms with Gasteiger partial charge in [0.15, 0.2) is 0 Å². The molecule has 0 saturated heterocycles. The molecule has 0 radical (unpaired) electrons. The van der Waals surface area contributed by atoms with Gasteiger partial charge in [0.2, 0.25) is 5.88 Å². The SMILES string of the molecule is COc1cc(C(C#N)CCl)nc(C)n1. The number of nitrogens with zero attached hydrogens (tertiary/aromatic N) is 3. The summed E-state index contributed by atoms with van der Waals surface area (Å²) in [5, 5.41) is 8.80. The van der Waals surface area contributed by atoms with Gasteiger partial charge in [-0.3, -0.25) is 0 Å². The number of nitriles is 1. The number of alkyl halides is 1. The molecule has 1 atom stereocenters. The van der Waals surface area contributed by atoms with Crippen LogP contribution in [0, 0.1) is 18.3 Å². The summed E-state index contributed by atoms with van der Waals surface area (Å²) in [5.74, 6) is 0.839. The maximum atomic E-state index is 8.80. The molecular formula is C9H10ClN3O. The number of aromatic nitrogens is 2. The van der Waals surface area contributed by atoms with Gasteiger partial charge in [0.1, 0.15) is 11.7 Å². The van der Waals surface area contributed by atoms with Gasteiger partial charge in [-0.15, -0.1) is 11.6 Å². The summed E-state index contributed by atoms with van der Waals surface area (Å²) in [4.78, 5) is 8.14. The van der Waals surface area contributed by atoms with Gasteiger partial charge in [-0.2, -0.15) is 10.2 Å². The van der Waals surface area contributed by atoms with Crippen molar-refractivity contribution in [3.8, 4) is 11.9 Å². The predicted octanol–water partition coefficient (Wildman–Crippen LogP) is 1.64. The number of halogens is 1. The number of ether oxygens (including phenoxy) is 1. The molecule has 0 saturated carbocycles. The summed E-state index contributed by atoms with van der Waals surface area (Å²) in [5.41, 5.74) is 0.604. The highest BCUT2D eigenvalue weighted by atomic mass is 35.5. The van der Waals surface area contributed by atoms with Crippen LogP contribution >= 0.6 is 11.6 Å². The molecule has 1 rings (SSSR count). The van der Waals surface area contributed by atoms with Gasteiger partial charge in [0.25, 0.3) is 0 Å². The second kappa shape index (κ2) is 4.77. The van der Waals surface area contributed by atoms with E-state index in [1.165, 1.54) is 7.11 Å². The highest BCUT2D eigenvalue weighted by Crippen LogP contribution is 2.18. The van der Waals surface area contributed by atoms with Crippen LogP contribution in [0.2, 0.25) is 0 Å². The first-order valence-electron chi connectivity index (χ1n) is 4.06. The van der Waals surface area contributed by atoms with Crippen LogP contribution in [0.4, 0.5) is 0 Å². The molecule has 74 valence electrons. The quantitative estimate of drug-likeness (QED) is 0.714. The third kappa shape index (κ3) is 2.33. The molecule has 0 fully saturated rings. The van der Waals surface area contributed by atoms with E-state index in [9.17, 15) is 0 Å². The standard InChI is InChI=1S/C9H10ClN3O/c1-6-12-8(7(4-10)5-11)3-9(13-6)14-2/h3,7H,4H2,1-2H3. The fraction of sp³-hybridized carbons (Fsp3) is 0.444. The topological polar surface area (TPSA) is 58.8 Å². The van der Waals surface area contributed by atoms with Gasteiger partial charge in [-0.05, 0) is 6.92 Å². The van der Waals surface area contributed by atoms with Crippen LogP contribution < -0.4 is 4.74 Å². The van der Waals surface area contributed by atoms with Crippen LogP contribution in [-0.4, -0.2) is 23.0 Å². The van der Waals surface area contributed by atoms with Crippen molar-refractivity contribution in [2.75, 3.05) is 13.0 Å². The Morgan fingerprint density at radius 2 is 2.36 bits per heavy atom. The largest absolute Gasteiger partial charge is 0.481 e. The van der Waals surface area contributed by atoms with Gasteiger partial charge in [-0.25, -0.2) is 4.98 Å². The number of hydrogen-bond acceptors (Lipinski definition) is 4. The molecule has 0 bridgehead atoms. The average Bonchev–Trinajstić information content (AvgIpc) is 2.19. The second-order valence-electron chi connectivity index (χ2n) is 2.72. The number of hydrogen-bond donors (Lipinski definition) is 0. The molecule has 4 nitrogen and oxygen atoms in total. The summed E-state index contributed by atoms with van der Waals surface area (Å²) in [7, 11) is 1.52. The van der Waals surface area contributed by atoms with Crippen LogP contribution in [0.1, 0.15) is 17.4 Å². The molecule has 0 aromatic carbocycles. The Morgan fingerprint density at radius 1 is 1.64 bits per heavy atom. The van der Waals surface area contributed by atoms with E-state index in [0.29, 0.717) is 17.4 Å². The minimum absolute atomic E-state index is 0.218. The third-order valence-corrected chi connectivity index (χ3v) is 2.02. The van der Waals surface area contributed by atoms with Crippen molar-refractivity contribution in [2.24, 2.45) is 0 Å². The molecule has 1 aromatic heterocycles. The molecule has 0 amide bonds. The summed E-state index contributed by atoms with van der Waals surface area (Å²) in [6, 6.07) is 3.70. The van der Waals surface area contributed by atoms with E-state index in [1.54, 1.807) is 13.0 Å². The normalized spacial score (nSPS) is 11.9. The summed E-state index contributed by atoms with van der Waals surface area (Å²) >= 11 is 5.63. The van der Waals surface area contributed by atoms with Gasteiger partial charge in [0, 0.05) is 11.9 Å². The Labute approximate surface area is 87.5 Å². The Balaban J connectivity index is 3.09. The van der Waals surface area contributed by atoms with E-state index >= 15 is 0 Å². The zero-order chi connectivity index (χ0) is 10.6. The molecule has 0 aliphatic carbocycles. The molecule has 0 spiro atoms. The lowest BCUT2D eigenvalue weighted by Gasteiger charge is -2.07. The fourth-order valence-electron chi connectivity index (χ4n) is 1.03. The van der Waals surface area contributed by atoms with Crippen molar-refractivity contribution >= 4 is 11.6 Å². The van der Waals surface area contributed by atoms with Crippen LogP contribution in [-0.2, 0) is 0 Å². The second-order valence-corrected chi connectivity index (χ2v) is 3.03. The lowest BCUT2D eigenvalue weighted by molar-refractivity contribution is 0.394.